The van der Waals surface area contributed by atoms with Crippen LogP contribution in [0.2, 0.25) is 0 Å². The van der Waals surface area contributed by atoms with Crippen LogP contribution >= 0.6 is 0 Å². The van der Waals surface area contributed by atoms with E-state index >= 15 is 0 Å². The first kappa shape index (κ1) is 19.5. The molecule has 158 valence electrons. The Kier molecular flexibility index (Phi) is 4.79. The minimum Gasteiger partial charge on any atom is -0.508 e. The number of amides is 1. The number of para-hydroxylation sites is 1. The molecule has 3 heterocycles. The number of hydrogen-bond donors (Lipinski definition) is 3. The van der Waals surface area contributed by atoms with E-state index in [1.807, 2.05) is 36.4 Å². The Bertz CT molecular complexity index is 1290. The van der Waals surface area contributed by atoms with E-state index in [1.54, 1.807) is 12.1 Å². The zero-order chi connectivity index (χ0) is 21.5. The molecule has 0 spiro atoms. The molecule has 6 heteroatoms. The molecule has 1 aliphatic rings. The third-order valence-electron chi connectivity index (χ3n) is 5.95. The van der Waals surface area contributed by atoms with E-state index in [1.165, 1.54) is 0 Å². The summed E-state index contributed by atoms with van der Waals surface area (Å²) in [5.41, 5.74) is 5.51. The summed E-state index contributed by atoms with van der Waals surface area (Å²) < 4.78 is 2.23. The summed E-state index contributed by atoms with van der Waals surface area (Å²) >= 11 is 0. The van der Waals surface area contributed by atoms with Gasteiger partial charge in [0.2, 0.25) is 0 Å². The fourth-order valence-corrected chi connectivity index (χ4v) is 4.47. The molecule has 1 amide bonds. The summed E-state index contributed by atoms with van der Waals surface area (Å²) in [5, 5.41) is 15.2. The number of phenolic OH excluding ortho intramolecular Hbond substituents is 1. The lowest BCUT2D eigenvalue weighted by molar-refractivity contribution is -0.114. The van der Waals surface area contributed by atoms with Gasteiger partial charge in [0.1, 0.15) is 5.75 Å². The summed E-state index contributed by atoms with van der Waals surface area (Å²) in [4.78, 5) is 18.4. The number of hydrogen-bond acceptors (Lipinski definition) is 3. The van der Waals surface area contributed by atoms with Crippen LogP contribution in [0.4, 0.5) is 0 Å². The molecule has 4 aromatic rings. The Hall–Kier alpha value is -3.51. The maximum absolute atomic E-state index is 12.8. The highest BCUT2D eigenvalue weighted by atomic mass is 16.3. The van der Waals surface area contributed by atoms with Crippen LogP contribution in [0, 0.1) is 0 Å². The van der Waals surface area contributed by atoms with Gasteiger partial charge in [-0.05, 0) is 63.0 Å². The van der Waals surface area contributed by atoms with Crippen LogP contribution in [-0.4, -0.2) is 52.6 Å². The Morgan fingerprint density at radius 3 is 2.77 bits per heavy atom. The highest BCUT2D eigenvalue weighted by Gasteiger charge is 2.28. The minimum absolute atomic E-state index is 0.0739. The van der Waals surface area contributed by atoms with Crippen LogP contribution in [0.25, 0.3) is 33.0 Å². The predicted molar refractivity (Wildman–Crippen MR) is 125 cm³/mol. The Labute approximate surface area is 180 Å². The van der Waals surface area contributed by atoms with Crippen molar-refractivity contribution < 1.29 is 9.90 Å². The third kappa shape index (κ3) is 3.49. The van der Waals surface area contributed by atoms with Crippen molar-refractivity contribution >= 4 is 38.9 Å². The molecule has 0 unspecified atom stereocenters. The third-order valence-corrected chi connectivity index (χ3v) is 5.95. The number of rotatable bonds is 6. The molecule has 0 saturated heterocycles. The zero-order valence-corrected chi connectivity index (χ0v) is 17.8. The fraction of sp³-hybridized carbons (Fsp3) is 0.240. The van der Waals surface area contributed by atoms with E-state index in [0.29, 0.717) is 12.1 Å². The van der Waals surface area contributed by atoms with Gasteiger partial charge in [0.25, 0.3) is 5.91 Å². The molecule has 3 N–H and O–H groups in total. The number of aromatic hydroxyl groups is 1. The molecule has 0 aliphatic carbocycles. The van der Waals surface area contributed by atoms with Gasteiger partial charge in [-0.2, -0.15) is 0 Å². The molecular weight excluding hydrogens is 388 g/mol. The molecule has 0 fully saturated rings. The van der Waals surface area contributed by atoms with E-state index in [-0.39, 0.29) is 11.7 Å². The summed E-state index contributed by atoms with van der Waals surface area (Å²) in [7, 11) is 4.15. The SMILES string of the molecule is CN(C)CCCn1cc(C2=C(c3cc4ccccc4[nH]3)C(=O)NC2)c2cc(O)ccc21. The maximum atomic E-state index is 12.8. The van der Waals surface area contributed by atoms with E-state index in [0.717, 1.165) is 58.1 Å². The number of benzene rings is 2. The second-order valence-electron chi connectivity index (χ2n) is 8.40. The van der Waals surface area contributed by atoms with Crippen LogP contribution in [0.1, 0.15) is 17.7 Å². The topological polar surface area (TPSA) is 73.3 Å². The Morgan fingerprint density at radius 1 is 1.13 bits per heavy atom. The number of H-pyrrole nitrogens is 1. The predicted octanol–water partition coefficient (Wildman–Crippen LogP) is 3.82. The van der Waals surface area contributed by atoms with Crippen molar-refractivity contribution in [2.75, 3.05) is 27.2 Å². The summed E-state index contributed by atoms with van der Waals surface area (Å²) in [5.74, 6) is 0.153. The van der Waals surface area contributed by atoms with Gasteiger partial charge in [-0.15, -0.1) is 0 Å². The largest absolute Gasteiger partial charge is 0.508 e. The van der Waals surface area contributed by atoms with Crippen molar-refractivity contribution in [3.05, 3.63) is 66.0 Å². The van der Waals surface area contributed by atoms with Gasteiger partial charge in [0, 0.05) is 46.7 Å². The molecule has 1 aliphatic heterocycles. The maximum Gasteiger partial charge on any atom is 0.254 e. The number of nitrogens with zero attached hydrogens (tertiary/aromatic N) is 2. The molecular formula is C25H26N4O2. The van der Waals surface area contributed by atoms with E-state index in [4.69, 9.17) is 0 Å². The van der Waals surface area contributed by atoms with Crippen molar-refractivity contribution in [2.24, 2.45) is 0 Å². The molecule has 6 nitrogen and oxygen atoms in total. The molecule has 0 saturated carbocycles. The minimum atomic E-state index is -0.0739. The van der Waals surface area contributed by atoms with E-state index in [2.05, 4.69) is 40.1 Å². The van der Waals surface area contributed by atoms with Crippen LogP contribution in [-0.2, 0) is 11.3 Å². The monoisotopic (exact) mass is 414 g/mol. The van der Waals surface area contributed by atoms with Gasteiger partial charge in [-0.25, -0.2) is 0 Å². The lowest BCUT2D eigenvalue weighted by atomic mass is 9.99. The lowest BCUT2D eigenvalue weighted by Gasteiger charge is -2.10. The number of carbonyl (C=O) groups excluding carboxylic acids is 1. The first-order valence-electron chi connectivity index (χ1n) is 10.6. The van der Waals surface area contributed by atoms with Crippen LogP contribution < -0.4 is 5.32 Å². The second-order valence-corrected chi connectivity index (χ2v) is 8.40. The highest BCUT2D eigenvalue weighted by molar-refractivity contribution is 6.31. The van der Waals surface area contributed by atoms with Crippen LogP contribution in [0.5, 0.6) is 5.75 Å². The molecule has 0 radical (unpaired) electrons. The van der Waals surface area contributed by atoms with Crippen molar-refractivity contribution in [3.8, 4) is 5.75 Å². The Morgan fingerprint density at radius 2 is 1.97 bits per heavy atom. The normalized spacial score (nSPS) is 14.4. The number of fused-ring (bicyclic) bond motifs is 2. The van der Waals surface area contributed by atoms with Gasteiger partial charge >= 0.3 is 0 Å². The molecule has 2 aromatic heterocycles. The van der Waals surface area contributed by atoms with Gasteiger partial charge < -0.3 is 24.9 Å². The smallest absolute Gasteiger partial charge is 0.254 e. The number of carbonyl (C=O) groups is 1. The standard InChI is InChI=1S/C25H26N4O2/c1-28(2)10-5-11-29-15-20(18-13-17(30)8-9-23(18)29)19-14-26-25(31)24(19)22-12-16-6-3-4-7-21(16)27-22/h3-4,6-9,12-13,15,27,30H,5,10-11,14H2,1-2H3,(H,26,31). The summed E-state index contributed by atoms with van der Waals surface area (Å²) in [6.45, 7) is 2.34. The second kappa shape index (κ2) is 7.63. The van der Waals surface area contributed by atoms with Crippen molar-refractivity contribution in [1.82, 2.24) is 19.8 Å². The van der Waals surface area contributed by atoms with E-state index < -0.39 is 0 Å². The highest BCUT2D eigenvalue weighted by Crippen LogP contribution is 2.37. The van der Waals surface area contributed by atoms with Crippen molar-refractivity contribution in [3.63, 3.8) is 0 Å². The van der Waals surface area contributed by atoms with Crippen molar-refractivity contribution in [2.45, 2.75) is 13.0 Å². The van der Waals surface area contributed by atoms with E-state index in [9.17, 15) is 9.90 Å². The summed E-state index contributed by atoms with van der Waals surface area (Å²) in [6.07, 6.45) is 3.14. The first-order valence-corrected chi connectivity index (χ1v) is 10.6. The zero-order valence-electron chi connectivity index (χ0n) is 17.8. The average Bonchev–Trinajstić information content (AvgIpc) is 3.42. The molecule has 0 atom stereocenters. The quantitative estimate of drug-likeness (QED) is 0.449. The summed E-state index contributed by atoms with van der Waals surface area (Å²) in [6, 6.07) is 15.5. The van der Waals surface area contributed by atoms with Crippen LogP contribution in [0.3, 0.4) is 0 Å². The molecule has 31 heavy (non-hydrogen) atoms. The van der Waals surface area contributed by atoms with Gasteiger partial charge in [0.15, 0.2) is 0 Å². The molecule has 5 rings (SSSR count). The van der Waals surface area contributed by atoms with Crippen LogP contribution in [0.15, 0.2) is 54.7 Å². The Balaban J connectivity index is 1.65. The van der Waals surface area contributed by atoms with Crippen molar-refractivity contribution in [1.29, 1.82) is 0 Å². The van der Waals surface area contributed by atoms with Gasteiger partial charge in [-0.3, -0.25) is 4.79 Å². The number of aromatic nitrogens is 2. The van der Waals surface area contributed by atoms with Gasteiger partial charge in [-0.1, -0.05) is 18.2 Å². The molecule has 0 bridgehead atoms. The van der Waals surface area contributed by atoms with Gasteiger partial charge in [0.05, 0.1) is 11.3 Å². The fourth-order valence-electron chi connectivity index (χ4n) is 4.47. The lowest BCUT2D eigenvalue weighted by Crippen LogP contribution is -2.17. The average molecular weight is 415 g/mol. The first-order chi connectivity index (χ1) is 15.0. The number of aryl methyl sites for hydroxylation is 1. The number of phenols is 1. The molecule has 2 aromatic carbocycles. The number of aromatic amines is 1. The number of nitrogens with one attached hydrogen (secondary N) is 2.